The maximum atomic E-state index is 12.2. The smallest absolute Gasteiger partial charge is 0.257 e. The predicted octanol–water partition coefficient (Wildman–Crippen LogP) is 2.86. The number of H-pyrrole nitrogens is 1. The average Bonchev–Trinajstić information content (AvgIpc) is 3.25. The zero-order valence-electron chi connectivity index (χ0n) is 11.6. The van der Waals surface area contributed by atoms with Crippen molar-refractivity contribution < 1.29 is 9.53 Å². The molecular formula is C15H17N3O2. The molecule has 2 N–H and O–H groups in total. The topological polar surface area (TPSA) is 67.0 Å². The summed E-state index contributed by atoms with van der Waals surface area (Å²) in [6, 6.07) is 7.06. The molecule has 0 unspecified atom stereocenters. The van der Waals surface area contributed by atoms with Crippen LogP contribution in [0.2, 0.25) is 0 Å². The van der Waals surface area contributed by atoms with Gasteiger partial charge in [-0.3, -0.25) is 9.89 Å². The van der Waals surface area contributed by atoms with Crippen molar-refractivity contribution in [3.63, 3.8) is 0 Å². The van der Waals surface area contributed by atoms with Crippen molar-refractivity contribution in [2.75, 3.05) is 12.4 Å². The van der Waals surface area contributed by atoms with E-state index in [-0.39, 0.29) is 5.91 Å². The van der Waals surface area contributed by atoms with Gasteiger partial charge in [0.05, 0.1) is 7.11 Å². The van der Waals surface area contributed by atoms with Crippen LogP contribution in [0.25, 0.3) is 0 Å². The summed E-state index contributed by atoms with van der Waals surface area (Å²) >= 11 is 0. The molecule has 1 heterocycles. The molecule has 20 heavy (non-hydrogen) atoms. The van der Waals surface area contributed by atoms with Crippen molar-refractivity contribution in [1.29, 1.82) is 0 Å². The highest BCUT2D eigenvalue weighted by molar-refractivity contribution is 6.04. The standard InChI is InChI=1S/C15H17N3O2/c1-9-13(10-6-7-10)17-18-14(9)16-15(19)11-4-3-5-12(8-11)20-2/h3-5,8,10H,6-7H2,1-2H3,(H2,16,17,18,19). The number of hydrogen-bond acceptors (Lipinski definition) is 3. The quantitative estimate of drug-likeness (QED) is 0.898. The van der Waals surface area contributed by atoms with E-state index < -0.39 is 0 Å². The van der Waals surface area contributed by atoms with Gasteiger partial charge < -0.3 is 10.1 Å². The molecule has 0 atom stereocenters. The van der Waals surface area contributed by atoms with Crippen LogP contribution in [-0.4, -0.2) is 23.2 Å². The van der Waals surface area contributed by atoms with Crippen molar-refractivity contribution in [2.24, 2.45) is 0 Å². The molecule has 0 bridgehead atoms. The van der Waals surface area contributed by atoms with E-state index in [4.69, 9.17) is 4.74 Å². The Bertz CT molecular complexity index is 644. The molecule has 0 saturated heterocycles. The number of rotatable bonds is 4. The summed E-state index contributed by atoms with van der Waals surface area (Å²) in [5.74, 6) is 1.68. The van der Waals surface area contributed by atoms with Crippen LogP contribution in [-0.2, 0) is 0 Å². The van der Waals surface area contributed by atoms with Crippen molar-refractivity contribution >= 4 is 11.7 Å². The third kappa shape index (κ3) is 2.39. The fraction of sp³-hybridized carbons (Fsp3) is 0.333. The Balaban J connectivity index is 1.78. The summed E-state index contributed by atoms with van der Waals surface area (Å²) in [6.07, 6.45) is 2.40. The van der Waals surface area contributed by atoms with E-state index in [1.54, 1.807) is 25.3 Å². The first-order valence-corrected chi connectivity index (χ1v) is 6.69. The number of ether oxygens (including phenoxy) is 1. The Morgan fingerprint density at radius 1 is 1.45 bits per heavy atom. The number of aromatic amines is 1. The molecule has 1 aromatic carbocycles. The van der Waals surface area contributed by atoms with Gasteiger partial charge in [0.2, 0.25) is 0 Å². The first-order chi connectivity index (χ1) is 9.69. The minimum Gasteiger partial charge on any atom is -0.497 e. The van der Waals surface area contributed by atoms with Crippen LogP contribution < -0.4 is 10.1 Å². The highest BCUT2D eigenvalue weighted by atomic mass is 16.5. The lowest BCUT2D eigenvalue weighted by molar-refractivity contribution is 0.102. The zero-order chi connectivity index (χ0) is 14.1. The molecule has 2 aromatic rings. The second-order valence-corrected chi connectivity index (χ2v) is 5.07. The molecular weight excluding hydrogens is 254 g/mol. The number of benzene rings is 1. The van der Waals surface area contributed by atoms with E-state index >= 15 is 0 Å². The summed E-state index contributed by atoms with van der Waals surface area (Å²) in [5, 5.41) is 10.1. The Hall–Kier alpha value is -2.30. The summed E-state index contributed by atoms with van der Waals surface area (Å²) in [5.41, 5.74) is 2.73. The monoisotopic (exact) mass is 271 g/mol. The van der Waals surface area contributed by atoms with Gasteiger partial charge in [0, 0.05) is 22.7 Å². The Kier molecular flexibility index (Phi) is 3.18. The van der Waals surface area contributed by atoms with Gasteiger partial charge in [0.25, 0.3) is 5.91 Å². The Labute approximate surface area is 117 Å². The Morgan fingerprint density at radius 3 is 2.95 bits per heavy atom. The molecule has 1 amide bonds. The van der Waals surface area contributed by atoms with Gasteiger partial charge in [-0.25, -0.2) is 0 Å². The van der Waals surface area contributed by atoms with Gasteiger partial charge in [-0.15, -0.1) is 0 Å². The number of amides is 1. The normalized spacial score (nSPS) is 14.1. The lowest BCUT2D eigenvalue weighted by Gasteiger charge is -2.05. The molecule has 1 aliphatic carbocycles. The number of hydrogen-bond donors (Lipinski definition) is 2. The van der Waals surface area contributed by atoms with Crippen LogP contribution in [0.3, 0.4) is 0 Å². The SMILES string of the molecule is COc1cccc(C(=O)Nc2n[nH]c(C3CC3)c2C)c1. The van der Waals surface area contributed by atoms with Gasteiger partial charge in [-0.1, -0.05) is 6.07 Å². The van der Waals surface area contributed by atoms with Gasteiger partial charge in [-0.2, -0.15) is 5.10 Å². The first kappa shape index (κ1) is 12.7. The minimum absolute atomic E-state index is 0.180. The highest BCUT2D eigenvalue weighted by Crippen LogP contribution is 2.41. The maximum Gasteiger partial charge on any atom is 0.257 e. The van der Waals surface area contributed by atoms with Crippen LogP contribution in [0.4, 0.5) is 5.82 Å². The number of methoxy groups -OCH3 is 1. The number of nitrogens with zero attached hydrogens (tertiary/aromatic N) is 1. The first-order valence-electron chi connectivity index (χ1n) is 6.69. The van der Waals surface area contributed by atoms with Crippen LogP contribution >= 0.6 is 0 Å². The van der Waals surface area contributed by atoms with Crippen molar-refractivity contribution in [3.8, 4) is 5.75 Å². The largest absolute Gasteiger partial charge is 0.497 e. The fourth-order valence-electron chi connectivity index (χ4n) is 2.25. The molecule has 1 saturated carbocycles. The lowest BCUT2D eigenvalue weighted by Crippen LogP contribution is -2.13. The van der Waals surface area contributed by atoms with Gasteiger partial charge in [0.1, 0.15) is 5.75 Å². The third-order valence-electron chi connectivity index (χ3n) is 3.60. The van der Waals surface area contributed by atoms with Crippen LogP contribution in [0.15, 0.2) is 24.3 Å². The lowest BCUT2D eigenvalue weighted by atomic mass is 10.1. The second kappa shape index (κ2) is 5.00. The van der Waals surface area contributed by atoms with Crippen LogP contribution in [0, 0.1) is 6.92 Å². The molecule has 0 spiro atoms. The fourth-order valence-corrected chi connectivity index (χ4v) is 2.25. The number of carbonyl (C=O) groups excluding carboxylic acids is 1. The van der Waals surface area contributed by atoms with Gasteiger partial charge >= 0.3 is 0 Å². The summed E-state index contributed by atoms with van der Waals surface area (Å²) in [6.45, 7) is 1.98. The Morgan fingerprint density at radius 2 is 2.25 bits per heavy atom. The average molecular weight is 271 g/mol. The van der Waals surface area contributed by atoms with E-state index in [9.17, 15) is 4.79 Å². The van der Waals surface area contributed by atoms with E-state index in [2.05, 4.69) is 15.5 Å². The minimum atomic E-state index is -0.180. The van der Waals surface area contributed by atoms with Crippen molar-refractivity contribution in [1.82, 2.24) is 10.2 Å². The zero-order valence-corrected chi connectivity index (χ0v) is 11.6. The van der Waals surface area contributed by atoms with Gasteiger partial charge in [0.15, 0.2) is 5.82 Å². The summed E-state index contributed by atoms with van der Waals surface area (Å²) < 4.78 is 5.12. The summed E-state index contributed by atoms with van der Waals surface area (Å²) in [4.78, 5) is 12.2. The molecule has 0 radical (unpaired) electrons. The molecule has 1 fully saturated rings. The molecule has 5 nitrogen and oxygen atoms in total. The van der Waals surface area contributed by atoms with E-state index in [0.717, 1.165) is 11.3 Å². The van der Waals surface area contributed by atoms with Crippen molar-refractivity contribution in [2.45, 2.75) is 25.7 Å². The van der Waals surface area contributed by atoms with E-state index in [1.165, 1.54) is 12.8 Å². The van der Waals surface area contributed by atoms with Crippen LogP contribution in [0.5, 0.6) is 5.75 Å². The number of nitrogens with one attached hydrogen (secondary N) is 2. The molecule has 5 heteroatoms. The molecule has 0 aliphatic heterocycles. The highest BCUT2D eigenvalue weighted by Gasteiger charge is 2.28. The maximum absolute atomic E-state index is 12.2. The van der Waals surface area contributed by atoms with Gasteiger partial charge in [-0.05, 0) is 38.0 Å². The number of anilines is 1. The number of aromatic nitrogens is 2. The molecule has 3 rings (SSSR count). The molecule has 1 aromatic heterocycles. The van der Waals surface area contributed by atoms with Crippen LogP contribution in [0.1, 0.15) is 40.4 Å². The predicted molar refractivity (Wildman–Crippen MR) is 76.2 cm³/mol. The van der Waals surface area contributed by atoms with E-state index in [1.807, 2.05) is 13.0 Å². The second-order valence-electron chi connectivity index (χ2n) is 5.07. The third-order valence-corrected chi connectivity index (χ3v) is 3.60. The summed E-state index contributed by atoms with van der Waals surface area (Å²) in [7, 11) is 1.58. The molecule has 104 valence electrons. The number of carbonyl (C=O) groups is 1. The van der Waals surface area contributed by atoms with Crippen molar-refractivity contribution in [3.05, 3.63) is 41.1 Å². The molecule has 1 aliphatic rings. The van der Waals surface area contributed by atoms with E-state index in [0.29, 0.717) is 23.0 Å².